The van der Waals surface area contributed by atoms with Crippen molar-refractivity contribution in [2.45, 2.75) is 0 Å². The molecule has 0 spiro atoms. The lowest BCUT2D eigenvalue weighted by Crippen LogP contribution is -2.41. The molecule has 0 fully saturated rings. The van der Waals surface area contributed by atoms with Gasteiger partial charge in [0, 0.05) is 12.4 Å². The Morgan fingerprint density at radius 3 is 2.62 bits per heavy atom. The lowest BCUT2D eigenvalue weighted by Gasteiger charge is -2.10. The third kappa shape index (κ3) is 3.53. The standard InChI is InChI=1S/C14H12FN3O3/c1-21-12-5-4-10(15)7-11(12)14(20)18-17-13(19)9-3-2-6-16-8-9/h2-8H,1H3,(H,17,19)(H,18,20). The van der Waals surface area contributed by atoms with Crippen molar-refractivity contribution in [1.29, 1.82) is 0 Å². The summed E-state index contributed by atoms with van der Waals surface area (Å²) in [6.45, 7) is 0. The number of methoxy groups -OCH3 is 1. The molecule has 0 bridgehead atoms. The molecule has 108 valence electrons. The zero-order valence-corrected chi connectivity index (χ0v) is 11.1. The van der Waals surface area contributed by atoms with Crippen molar-refractivity contribution in [2.24, 2.45) is 0 Å². The van der Waals surface area contributed by atoms with Gasteiger partial charge in [-0.2, -0.15) is 0 Å². The molecule has 0 radical (unpaired) electrons. The number of nitrogens with one attached hydrogen (secondary N) is 2. The van der Waals surface area contributed by atoms with Crippen LogP contribution in [0.3, 0.4) is 0 Å². The maximum atomic E-state index is 13.2. The summed E-state index contributed by atoms with van der Waals surface area (Å²) in [6, 6.07) is 6.64. The monoisotopic (exact) mass is 289 g/mol. The van der Waals surface area contributed by atoms with Crippen LogP contribution in [-0.2, 0) is 0 Å². The van der Waals surface area contributed by atoms with Gasteiger partial charge in [-0.15, -0.1) is 0 Å². The van der Waals surface area contributed by atoms with Gasteiger partial charge >= 0.3 is 0 Å². The number of amides is 2. The Labute approximate surface area is 119 Å². The number of carbonyl (C=O) groups excluding carboxylic acids is 2. The molecule has 2 aromatic rings. The molecule has 7 heteroatoms. The number of hydrogen-bond donors (Lipinski definition) is 2. The van der Waals surface area contributed by atoms with E-state index in [0.717, 1.165) is 6.07 Å². The molecule has 0 aliphatic carbocycles. The Balaban J connectivity index is 2.05. The molecule has 0 aliphatic heterocycles. The highest BCUT2D eigenvalue weighted by atomic mass is 19.1. The zero-order valence-electron chi connectivity index (χ0n) is 11.1. The van der Waals surface area contributed by atoms with E-state index in [1.807, 2.05) is 0 Å². The predicted octanol–water partition coefficient (Wildman–Crippen LogP) is 1.30. The number of aromatic nitrogens is 1. The number of rotatable bonds is 3. The number of carbonyl (C=O) groups is 2. The third-order valence-electron chi connectivity index (χ3n) is 2.62. The fourth-order valence-electron chi connectivity index (χ4n) is 1.61. The Hall–Kier alpha value is -2.96. The minimum absolute atomic E-state index is 0.0241. The molecule has 0 saturated carbocycles. The SMILES string of the molecule is COc1ccc(F)cc1C(=O)NNC(=O)c1cccnc1. The first kappa shape index (κ1) is 14.4. The summed E-state index contributed by atoms with van der Waals surface area (Å²) in [5.41, 5.74) is 4.66. The maximum absolute atomic E-state index is 13.2. The van der Waals surface area contributed by atoms with Crippen molar-refractivity contribution >= 4 is 11.8 Å². The Kier molecular flexibility index (Phi) is 4.45. The lowest BCUT2D eigenvalue weighted by atomic mass is 10.2. The minimum atomic E-state index is -0.691. The lowest BCUT2D eigenvalue weighted by molar-refractivity contribution is 0.0844. The van der Waals surface area contributed by atoms with E-state index in [1.165, 1.54) is 37.7 Å². The van der Waals surface area contributed by atoms with Crippen molar-refractivity contribution in [1.82, 2.24) is 15.8 Å². The van der Waals surface area contributed by atoms with E-state index < -0.39 is 17.6 Å². The van der Waals surface area contributed by atoms with E-state index in [0.29, 0.717) is 0 Å². The number of nitrogens with zero attached hydrogens (tertiary/aromatic N) is 1. The molecule has 0 saturated heterocycles. The number of benzene rings is 1. The molecule has 1 aromatic carbocycles. The number of hydrazine groups is 1. The normalized spacial score (nSPS) is 9.81. The van der Waals surface area contributed by atoms with Gasteiger partial charge in [-0.1, -0.05) is 0 Å². The average molecular weight is 289 g/mol. The van der Waals surface area contributed by atoms with Crippen molar-refractivity contribution < 1.29 is 18.7 Å². The van der Waals surface area contributed by atoms with Crippen LogP contribution < -0.4 is 15.6 Å². The van der Waals surface area contributed by atoms with Gasteiger partial charge in [0.15, 0.2) is 0 Å². The molecule has 1 aromatic heterocycles. The average Bonchev–Trinajstić information content (AvgIpc) is 2.53. The Bertz CT molecular complexity index is 662. The highest BCUT2D eigenvalue weighted by Gasteiger charge is 2.14. The summed E-state index contributed by atoms with van der Waals surface area (Å²) in [7, 11) is 1.36. The number of halogens is 1. The van der Waals surface area contributed by atoms with Gasteiger partial charge in [0.25, 0.3) is 11.8 Å². The Morgan fingerprint density at radius 2 is 1.95 bits per heavy atom. The molecule has 6 nitrogen and oxygen atoms in total. The summed E-state index contributed by atoms with van der Waals surface area (Å²) >= 11 is 0. The van der Waals surface area contributed by atoms with Crippen molar-refractivity contribution in [3.05, 3.63) is 59.7 Å². The fraction of sp³-hybridized carbons (Fsp3) is 0.0714. The van der Waals surface area contributed by atoms with Crippen molar-refractivity contribution in [3.63, 3.8) is 0 Å². The topological polar surface area (TPSA) is 80.3 Å². The molecule has 1 heterocycles. The van der Waals surface area contributed by atoms with E-state index in [-0.39, 0.29) is 16.9 Å². The van der Waals surface area contributed by atoms with Crippen molar-refractivity contribution in [2.75, 3.05) is 7.11 Å². The summed E-state index contributed by atoms with van der Waals surface area (Å²) in [4.78, 5) is 27.4. The van der Waals surface area contributed by atoms with E-state index >= 15 is 0 Å². The highest BCUT2D eigenvalue weighted by molar-refractivity contribution is 6.00. The van der Waals surface area contributed by atoms with E-state index in [9.17, 15) is 14.0 Å². The van der Waals surface area contributed by atoms with Crippen LogP contribution in [0.5, 0.6) is 5.75 Å². The smallest absolute Gasteiger partial charge is 0.273 e. The molecular weight excluding hydrogens is 277 g/mol. The van der Waals surface area contributed by atoms with E-state index in [1.54, 1.807) is 6.07 Å². The number of hydrogen-bond acceptors (Lipinski definition) is 4. The van der Waals surface area contributed by atoms with E-state index in [2.05, 4.69) is 15.8 Å². The largest absolute Gasteiger partial charge is 0.496 e. The molecule has 21 heavy (non-hydrogen) atoms. The number of ether oxygens (including phenoxy) is 1. The van der Waals surface area contributed by atoms with Crippen LogP contribution >= 0.6 is 0 Å². The van der Waals surface area contributed by atoms with Crippen LogP contribution in [0.1, 0.15) is 20.7 Å². The molecule has 0 aliphatic rings. The van der Waals surface area contributed by atoms with Crippen molar-refractivity contribution in [3.8, 4) is 5.75 Å². The van der Waals surface area contributed by atoms with Gasteiger partial charge in [-0.25, -0.2) is 4.39 Å². The van der Waals surface area contributed by atoms with E-state index in [4.69, 9.17) is 4.74 Å². The van der Waals surface area contributed by atoms with Gasteiger partial charge in [0.2, 0.25) is 0 Å². The summed E-state index contributed by atoms with van der Waals surface area (Å²) in [5.74, 6) is -1.61. The Morgan fingerprint density at radius 1 is 1.19 bits per heavy atom. The van der Waals surface area contributed by atoms with Crippen LogP contribution in [0, 0.1) is 5.82 Å². The molecule has 0 atom stereocenters. The molecular formula is C14H12FN3O3. The zero-order chi connectivity index (χ0) is 15.2. The molecule has 2 N–H and O–H groups in total. The fourth-order valence-corrected chi connectivity index (χ4v) is 1.61. The van der Waals surface area contributed by atoms with Gasteiger partial charge in [0.05, 0.1) is 18.2 Å². The summed E-state index contributed by atoms with van der Waals surface area (Å²) in [5, 5.41) is 0. The highest BCUT2D eigenvalue weighted by Crippen LogP contribution is 2.18. The molecule has 2 rings (SSSR count). The van der Waals surface area contributed by atoms with Crippen LogP contribution in [-0.4, -0.2) is 23.9 Å². The first-order valence-electron chi connectivity index (χ1n) is 5.96. The van der Waals surface area contributed by atoms with Crippen LogP contribution in [0.4, 0.5) is 4.39 Å². The van der Waals surface area contributed by atoms with Crippen LogP contribution in [0.2, 0.25) is 0 Å². The van der Waals surface area contributed by atoms with Gasteiger partial charge in [-0.05, 0) is 30.3 Å². The predicted molar refractivity (Wildman–Crippen MR) is 72.1 cm³/mol. The second-order valence-corrected chi connectivity index (χ2v) is 3.99. The molecule has 0 unspecified atom stereocenters. The van der Waals surface area contributed by atoms with Gasteiger partial charge < -0.3 is 4.74 Å². The maximum Gasteiger partial charge on any atom is 0.273 e. The summed E-state index contributed by atoms with van der Waals surface area (Å²) < 4.78 is 18.1. The first-order valence-corrected chi connectivity index (χ1v) is 5.96. The second-order valence-electron chi connectivity index (χ2n) is 3.99. The van der Waals surface area contributed by atoms with Gasteiger partial charge in [0.1, 0.15) is 11.6 Å². The number of pyridine rings is 1. The third-order valence-corrected chi connectivity index (χ3v) is 2.62. The first-order chi connectivity index (χ1) is 10.1. The second kappa shape index (κ2) is 6.47. The van der Waals surface area contributed by atoms with Crippen LogP contribution in [0.25, 0.3) is 0 Å². The minimum Gasteiger partial charge on any atom is -0.496 e. The van der Waals surface area contributed by atoms with Gasteiger partial charge in [-0.3, -0.25) is 25.4 Å². The summed E-state index contributed by atoms with van der Waals surface area (Å²) in [6.07, 6.45) is 2.87. The molecule has 2 amide bonds. The quantitative estimate of drug-likeness (QED) is 0.835. The van der Waals surface area contributed by atoms with Crippen LogP contribution in [0.15, 0.2) is 42.7 Å².